The van der Waals surface area contributed by atoms with Gasteiger partial charge in [0.15, 0.2) is 5.82 Å². The van der Waals surface area contributed by atoms with Crippen LogP contribution in [0.15, 0.2) is 48.8 Å². The zero-order chi connectivity index (χ0) is 22.8. The molecule has 0 aliphatic carbocycles. The molecule has 0 spiro atoms. The lowest BCUT2D eigenvalue weighted by molar-refractivity contribution is -0.137. The van der Waals surface area contributed by atoms with E-state index in [9.17, 15) is 18.0 Å². The van der Waals surface area contributed by atoms with Crippen molar-refractivity contribution in [1.82, 2.24) is 19.7 Å². The van der Waals surface area contributed by atoms with Gasteiger partial charge in [-0.05, 0) is 43.7 Å². The number of carbonyl (C=O) groups excluding carboxylic acids is 1. The fourth-order valence-corrected chi connectivity index (χ4v) is 3.15. The van der Waals surface area contributed by atoms with Crippen LogP contribution in [0.25, 0.3) is 5.82 Å². The number of aromatic nitrogens is 3. The Bertz CT molecular complexity index is 1040. The molecule has 3 aromatic rings. The summed E-state index contributed by atoms with van der Waals surface area (Å²) < 4.78 is 39.7. The summed E-state index contributed by atoms with van der Waals surface area (Å²) >= 11 is 0. The van der Waals surface area contributed by atoms with Crippen LogP contribution in [0.4, 0.5) is 18.9 Å². The largest absolute Gasteiger partial charge is 0.417 e. The molecule has 3 rings (SSSR count). The van der Waals surface area contributed by atoms with Crippen molar-refractivity contribution < 1.29 is 18.0 Å². The summed E-state index contributed by atoms with van der Waals surface area (Å²) in [6.45, 7) is 4.52. The van der Waals surface area contributed by atoms with Gasteiger partial charge in [-0.25, -0.2) is 9.67 Å². The number of carbonyl (C=O) groups is 1. The van der Waals surface area contributed by atoms with E-state index in [2.05, 4.69) is 10.1 Å². The molecule has 0 N–H and O–H groups in total. The molecule has 0 radical (unpaired) electrons. The molecular formula is C22H24F3N5O. The Hall–Kier alpha value is -3.36. The van der Waals surface area contributed by atoms with Crippen LogP contribution in [0.2, 0.25) is 0 Å². The quantitative estimate of drug-likeness (QED) is 0.583. The molecule has 0 atom stereocenters. The minimum absolute atomic E-state index is 0.199. The van der Waals surface area contributed by atoms with Crippen molar-refractivity contribution in [1.29, 1.82) is 0 Å². The molecule has 9 heteroatoms. The van der Waals surface area contributed by atoms with Gasteiger partial charge in [-0.1, -0.05) is 12.1 Å². The number of hydrogen-bond donors (Lipinski definition) is 0. The van der Waals surface area contributed by atoms with Gasteiger partial charge >= 0.3 is 6.18 Å². The molecule has 0 aliphatic heterocycles. The van der Waals surface area contributed by atoms with Crippen molar-refractivity contribution in [2.45, 2.75) is 26.6 Å². The molecule has 0 unspecified atom stereocenters. The molecule has 1 amide bonds. The van der Waals surface area contributed by atoms with Gasteiger partial charge in [-0.2, -0.15) is 18.3 Å². The monoisotopic (exact) mass is 431 g/mol. The minimum atomic E-state index is -4.46. The predicted octanol–water partition coefficient (Wildman–Crippen LogP) is 4.32. The average Bonchev–Trinajstić information content (AvgIpc) is 3.12. The number of benzene rings is 1. The van der Waals surface area contributed by atoms with Crippen molar-refractivity contribution in [2.24, 2.45) is 0 Å². The van der Waals surface area contributed by atoms with Gasteiger partial charge in [0.2, 0.25) is 0 Å². The molecule has 6 nitrogen and oxygen atoms in total. The fraction of sp³-hybridized carbons (Fsp3) is 0.318. The molecular weight excluding hydrogens is 407 g/mol. The van der Waals surface area contributed by atoms with Crippen LogP contribution < -0.4 is 4.90 Å². The number of nitrogens with zero attached hydrogens (tertiary/aromatic N) is 5. The van der Waals surface area contributed by atoms with E-state index in [0.717, 1.165) is 23.5 Å². The van der Waals surface area contributed by atoms with Gasteiger partial charge in [-0.3, -0.25) is 4.79 Å². The van der Waals surface area contributed by atoms with Gasteiger partial charge < -0.3 is 9.80 Å². The highest BCUT2D eigenvalue weighted by atomic mass is 19.4. The summed E-state index contributed by atoms with van der Waals surface area (Å²) in [4.78, 5) is 20.7. The van der Waals surface area contributed by atoms with E-state index < -0.39 is 11.7 Å². The molecule has 0 bridgehead atoms. The summed E-state index contributed by atoms with van der Waals surface area (Å²) in [5.74, 6) is 0.0155. The lowest BCUT2D eigenvalue weighted by Crippen LogP contribution is -2.30. The van der Waals surface area contributed by atoms with Crippen molar-refractivity contribution in [2.75, 3.05) is 25.5 Å². The summed E-state index contributed by atoms with van der Waals surface area (Å²) in [5, 5.41) is 4.17. The van der Waals surface area contributed by atoms with Crippen molar-refractivity contribution in [3.05, 3.63) is 71.2 Å². The number of amides is 1. The van der Waals surface area contributed by atoms with Crippen LogP contribution in [0.5, 0.6) is 0 Å². The van der Waals surface area contributed by atoms with Crippen LogP contribution in [0, 0.1) is 6.92 Å². The summed E-state index contributed by atoms with van der Waals surface area (Å²) in [7, 11) is 3.92. The van der Waals surface area contributed by atoms with E-state index in [1.165, 1.54) is 16.9 Å². The number of anilines is 1. The molecule has 2 heterocycles. The lowest BCUT2D eigenvalue weighted by atomic mass is 10.1. The van der Waals surface area contributed by atoms with Crippen LogP contribution in [0.3, 0.4) is 0 Å². The van der Waals surface area contributed by atoms with Gasteiger partial charge in [0.1, 0.15) is 0 Å². The Labute approximate surface area is 178 Å². The van der Waals surface area contributed by atoms with Gasteiger partial charge in [0.05, 0.1) is 23.0 Å². The zero-order valence-corrected chi connectivity index (χ0v) is 17.8. The summed E-state index contributed by atoms with van der Waals surface area (Å²) in [6, 6.07) is 10.1. The third-order valence-electron chi connectivity index (χ3n) is 5.03. The highest BCUT2D eigenvalue weighted by Crippen LogP contribution is 2.29. The molecule has 1 aromatic carbocycles. The Morgan fingerprint density at radius 2 is 1.74 bits per heavy atom. The first-order chi connectivity index (χ1) is 14.6. The van der Waals surface area contributed by atoms with Crippen molar-refractivity contribution in [3.63, 3.8) is 0 Å². The molecule has 164 valence electrons. The van der Waals surface area contributed by atoms with Crippen molar-refractivity contribution >= 4 is 11.6 Å². The normalized spacial score (nSPS) is 11.5. The molecule has 0 fully saturated rings. The summed E-state index contributed by atoms with van der Waals surface area (Å²) in [6.07, 6.45) is -2.28. The highest BCUT2D eigenvalue weighted by molar-refractivity contribution is 5.95. The second-order valence-corrected chi connectivity index (χ2v) is 7.34. The minimum Gasteiger partial charge on any atom is -0.378 e. The number of rotatable bonds is 6. The number of pyridine rings is 1. The van der Waals surface area contributed by atoms with Crippen LogP contribution >= 0.6 is 0 Å². The van der Waals surface area contributed by atoms with E-state index in [-0.39, 0.29) is 11.7 Å². The van der Waals surface area contributed by atoms with E-state index in [1.54, 1.807) is 11.8 Å². The molecule has 0 aliphatic rings. The van der Waals surface area contributed by atoms with Crippen LogP contribution in [0.1, 0.15) is 34.1 Å². The van der Waals surface area contributed by atoms with Gasteiger partial charge in [0, 0.05) is 39.1 Å². The molecule has 2 aromatic heterocycles. The lowest BCUT2D eigenvalue weighted by Gasteiger charge is -2.21. The first kappa shape index (κ1) is 22.3. The highest BCUT2D eigenvalue weighted by Gasteiger charge is 2.31. The second-order valence-electron chi connectivity index (χ2n) is 7.34. The smallest absolute Gasteiger partial charge is 0.378 e. The Morgan fingerprint density at radius 3 is 2.26 bits per heavy atom. The fourth-order valence-electron chi connectivity index (χ4n) is 3.15. The van der Waals surface area contributed by atoms with E-state index in [1.807, 2.05) is 50.2 Å². The summed E-state index contributed by atoms with van der Waals surface area (Å²) in [5.41, 5.74) is 2.12. The first-order valence-electron chi connectivity index (χ1n) is 9.75. The zero-order valence-electron chi connectivity index (χ0n) is 17.8. The molecule has 31 heavy (non-hydrogen) atoms. The maximum atomic E-state index is 13.1. The number of alkyl halides is 3. The Balaban J connectivity index is 1.80. The van der Waals surface area contributed by atoms with E-state index in [4.69, 9.17) is 0 Å². The first-order valence-corrected chi connectivity index (χ1v) is 9.75. The third kappa shape index (κ3) is 4.87. The SMILES string of the molecule is CCN(Cc1ccc(N(C)C)cc1)C(=O)c1cnn(-c2ccc(C(F)(F)F)cn2)c1C. The van der Waals surface area contributed by atoms with E-state index in [0.29, 0.717) is 24.3 Å². The number of halogens is 3. The predicted molar refractivity (Wildman–Crippen MR) is 112 cm³/mol. The molecule has 0 saturated carbocycles. The maximum absolute atomic E-state index is 13.1. The Kier molecular flexibility index (Phi) is 6.33. The third-order valence-corrected chi connectivity index (χ3v) is 5.03. The average molecular weight is 431 g/mol. The van der Waals surface area contributed by atoms with Crippen LogP contribution in [-0.2, 0) is 12.7 Å². The van der Waals surface area contributed by atoms with Gasteiger partial charge in [-0.15, -0.1) is 0 Å². The van der Waals surface area contributed by atoms with E-state index >= 15 is 0 Å². The number of hydrogen-bond acceptors (Lipinski definition) is 4. The second kappa shape index (κ2) is 8.79. The van der Waals surface area contributed by atoms with Crippen LogP contribution in [-0.4, -0.2) is 46.2 Å². The van der Waals surface area contributed by atoms with Crippen molar-refractivity contribution in [3.8, 4) is 5.82 Å². The van der Waals surface area contributed by atoms with Gasteiger partial charge in [0.25, 0.3) is 5.91 Å². The maximum Gasteiger partial charge on any atom is 0.417 e. The standard InChI is InChI=1S/C22H24F3N5O/c1-5-29(14-16-6-9-18(10-7-16)28(3)4)21(31)19-13-27-30(15(19)2)20-11-8-17(12-26-20)22(23,24)25/h6-13H,5,14H2,1-4H3. The molecule has 0 saturated heterocycles. The Morgan fingerprint density at radius 1 is 1.06 bits per heavy atom. The topological polar surface area (TPSA) is 54.3 Å².